The maximum atomic E-state index is 12.2. The van der Waals surface area contributed by atoms with Gasteiger partial charge in [0.1, 0.15) is 0 Å². The van der Waals surface area contributed by atoms with Gasteiger partial charge in [-0.3, -0.25) is 14.7 Å². The summed E-state index contributed by atoms with van der Waals surface area (Å²) in [7, 11) is 3.20. The predicted molar refractivity (Wildman–Crippen MR) is 72.6 cm³/mol. The van der Waals surface area contributed by atoms with Gasteiger partial charge in [0.2, 0.25) is 5.91 Å². The van der Waals surface area contributed by atoms with Gasteiger partial charge in [0.25, 0.3) is 5.91 Å². The first-order chi connectivity index (χ1) is 8.92. The van der Waals surface area contributed by atoms with E-state index in [1.54, 1.807) is 21.0 Å². The van der Waals surface area contributed by atoms with Crippen molar-refractivity contribution in [2.24, 2.45) is 5.92 Å². The van der Waals surface area contributed by atoms with Crippen LogP contribution in [0.15, 0.2) is 0 Å². The number of H-pyrrole nitrogens is 1. The molecule has 19 heavy (non-hydrogen) atoms. The second-order valence-electron chi connectivity index (χ2n) is 4.52. The van der Waals surface area contributed by atoms with E-state index in [1.165, 1.54) is 4.90 Å². The van der Waals surface area contributed by atoms with E-state index in [-0.39, 0.29) is 23.4 Å². The summed E-state index contributed by atoms with van der Waals surface area (Å²) in [5.74, 6) is -0.683. The number of nitrogen functional groups attached to an aromatic ring is 1. The Morgan fingerprint density at radius 1 is 1.53 bits per heavy atom. The number of carbonyl (C=O) groups excluding carboxylic acids is 2. The molecule has 0 fully saturated rings. The fourth-order valence-corrected chi connectivity index (χ4v) is 1.82. The molecular weight excluding hydrogens is 246 g/mol. The van der Waals surface area contributed by atoms with E-state index >= 15 is 0 Å². The van der Waals surface area contributed by atoms with Crippen molar-refractivity contribution in [3.63, 3.8) is 0 Å². The fraction of sp³-hybridized carbons (Fsp3) is 0.583. The number of aryl methyl sites for hydroxylation is 1. The molecule has 0 saturated carbocycles. The molecule has 4 N–H and O–H groups in total. The van der Waals surface area contributed by atoms with E-state index in [2.05, 4.69) is 15.5 Å². The zero-order valence-corrected chi connectivity index (χ0v) is 11.8. The third-order valence-electron chi connectivity index (χ3n) is 3.03. The third-order valence-corrected chi connectivity index (χ3v) is 3.03. The van der Waals surface area contributed by atoms with E-state index < -0.39 is 0 Å². The van der Waals surface area contributed by atoms with Crippen molar-refractivity contribution < 1.29 is 9.59 Å². The monoisotopic (exact) mass is 267 g/mol. The molecule has 1 aromatic rings. The van der Waals surface area contributed by atoms with Crippen molar-refractivity contribution in [2.45, 2.75) is 20.3 Å². The summed E-state index contributed by atoms with van der Waals surface area (Å²) in [6.07, 6.45) is 0.685. The number of hydrogen-bond acceptors (Lipinski definition) is 4. The second kappa shape index (κ2) is 6.21. The Kier molecular flexibility index (Phi) is 4.91. The van der Waals surface area contributed by atoms with E-state index in [0.29, 0.717) is 18.7 Å². The number of nitrogens with zero attached hydrogens (tertiary/aromatic N) is 2. The zero-order chi connectivity index (χ0) is 14.6. The standard InChI is InChI=1S/C12H21N5O2/c1-5-8-9(13)10(16-15-8)12(19)17(4)6-7(2)11(18)14-3/h7H,5-6,13H2,1-4H3,(H,14,18)(H,15,16). The Bertz CT molecular complexity index is 469. The summed E-state index contributed by atoms with van der Waals surface area (Å²) in [5.41, 5.74) is 7.19. The Hall–Kier alpha value is -2.05. The Morgan fingerprint density at radius 3 is 2.63 bits per heavy atom. The van der Waals surface area contributed by atoms with Crippen LogP contribution in [0.2, 0.25) is 0 Å². The first-order valence-electron chi connectivity index (χ1n) is 6.22. The quantitative estimate of drug-likeness (QED) is 0.699. The minimum atomic E-state index is -0.288. The van der Waals surface area contributed by atoms with Gasteiger partial charge < -0.3 is 16.0 Å². The number of aromatic nitrogens is 2. The van der Waals surface area contributed by atoms with Gasteiger partial charge in [-0.15, -0.1) is 0 Å². The molecule has 7 heteroatoms. The summed E-state index contributed by atoms with van der Waals surface area (Å²) >= 11 is 0. The van der Waals surface area contributed by atoms with Gasteiger partial charge >= 0.3 is 0 Å². The molecule has 0 aromatic carbocycles. The van der Waals surface area contributed by atoms with Crippen LogP contribution in [0, 0.1) is 5.92 Å². The molecule has 0 bridgehead atoms. The molecule has 2 amide bonds. The molecule has 0 spiro atoms. The lowest BCUT2D eigenvalue weighted by molar-refractivity contribution is -0.124. The lowest BCUT2D eigenvalue weighted by Gasteiger charge is -2.20. The molecular formula is C12H21N5O2. The van der Waals surface area contributed by atoms with E-state index in [1.807, 2.05) is 6.92 Å². The van der Waals surface area contributed by atoms with Crippen LogP contribution in [-0.4, -0.2) is 47.6 Å². The van der Waals surface area contributed by atoms with Crippen molar-refractivity contribution in [1.29, 1.82) is 0 Å². The van der Waals surface area contributed by atoms with Crippen LogP contribution < -0.4 is 11.1 Å². The van der Waals surface area contributed by atoms with Crippen LogP contribution in [0.3, 0.4) is 0 Å². The molecule has 1 aromatic heterocycles. The van der Waals surface area contributed by atoms with Crippen LogP contribution >= 0.6 is 0 Å². The van der Waals surface area contributed by atoms with Crippen molar-refractivity contribution in [3.8, 4) is 0 Å². The molecule has 7 nitrogen and oxygen atoms in total. The predicted octanol–water partition coefficient (Wildman–Crippen LogP) is 0.00840. The van der Waals surface area contributed by atoms with Gasteiger partial charge in [0.05, 0.1) is 17.3 Å². The highest BCUT2D eigenvalue weighted by Gasteiger charge is 2.23. The van der Waals surface area contributed by atoms with Crippen LogP contribution in [-0.2, 0) is 11.2 Å². The number of rotatable bonds is 5. The average molecular weight is 267 g/mol. The maximum Gasteiger partial charge on any atom is 0.276 e. The van der Waals surface area contributed by atoms with E-state index in [0.717, 1.165) is 5.69 Å². The summed E-state index contributed by atoms with van der Waals surface area (Å²) in [6, 6.07) is 0. The first-order valence-corrected chi connectivity index (χ1v) is 6.22. The molecule has 1 atom stereocenters. The second-order valence-corrected chi connectivity index (χ2v) is 4.52. The Labute approximate surface area is 112 Å². The molecule has 106 valence electrons. The highest BCUT2D eigenvalue weighted by atomic mass is 16.2. The van der Waals surface area contributed by atoms with Crippen LogP contribution in [0.5, 0.6) is 0 Å². The number of amides is 2. The molecule has 0 radical (unpaired) electrons. The van der Waals surface area contributed by atoms with Crippen molar-refractivity contribution in [3.05, 3.63) is 11.4 Å². The number of nitrogens with two attached hydrogens (primary N) is 1. The summed E-state index contributed by atoms with van der Waals surface area (Å²) in [4.78, 5) is 25.1. The van der Waals surface area contributed by atoms with Crippen LogP contribution in [0.4, 0.5) is 5.69 Å². The first kappa shape index (κ1) is 15.0. The van der Waals surface area contributed by atoms with E-state index in [4.69, 9.17) is 5.73 Å². The molecule has 0 aliphatic rings. The number of nitrogens with one attached hydrogen (secondary N) is 2. The maximum absolute atomic E-state index is 12.2. The van der Waals surface area contributed by atoms with Gasteiger partial charge in [-0.1, -0.05) is 13.8 Å². The molecule has 0 aliphatic heterocycles. The number of aromatic amines is 1. The van der Waals surface area contributed by atoms with E-state index in [9.17, 15) is 9.59 Å². The smallest absolute Gasteiger partial charge is 0.276 e. The summed E-state index contributed by atoms with van der Waals surface area (Å²) in [5, 5.41) is 9.23. The highest BCUT2D eigenvalue weighted by molar-refractivity contribution is 5.97. The normalized spacial score (nSPS) is 12.0. The fourth-order valence-electron chi connectivity index (χ4n) is 1.82. The molecule has 1 unspecified atom stereocenters. The van der Waals surface area contributed by atoms with Gasteiger partial charge in [0.15, 0.2) is 5.69 Å². The van der Waals surface area contributed by atoms with Crippen molar-refractivity contribution in [2.75, 3.05) is 26.4 Å². The topological polar surface area (TPSA) is 104 Å². The Balaban J connectivity index is 2.76. The summed E-state index contributed by atoms with van der Waals surface area (Å²) < 4.78 is 0. The molecule has 1 rings (SSSR count). The van der Waals surface area contributed by atoms with Crippen molar-refractivity contribution >= 4 is 17.5 Å². The third kappa shape index (κ3) is 3.24. The SMILES string of the molecule is CCc1[nH]nc(C(=O)N(C)CC(C)C(=O)NC)c1N. The molecule has 1 heterocycles. The number of hydrogen-bond donors (Lipinski definition) is 3. The number of carbonyl (C=O) groups is 2. The minimum Gasteiger partial charge on any atom is -0.395 e. The number of anilines is 1. The van der Waals surface area contributed by atoms with Crippen molar-refractivity contribution in [1.82, 2.24) is 20.4 Å². The van der Waals surface area contributed by atoms with Gasteiger partial charge in [0, 0.05) is 20.6 Å². The Morgan fingerprint density at radius 2 is 2.16 bits per heavy atom. The molecule has 0 saturated heterocycles. The average Bonchev–Trinajstić information content (AvgIpc) is 2.77. The lowest BCUT2D eigenvalue weighted by Crippen LogP contribution is -2.37. The van der Waals surface area contributed by atoms with Crippen LogP contribution in [0.25, 0.3) is 0 Å². The van der Waals surface area contributed by atoms with Gasteiger partial charge in [-0.2, -0.15) is 5.10 Å². The zero-order valence-electron chi connectivity index (χ0n) is 11.8. The lowest BCUT2D eigenvalue weighted by atomic mass is 10.1. The largest absolute Gasteiger partial charge is 0.395 e. The summed E-state index contributed by atoms with van der Waals surface area (Å²) in [6.45, 7) is 4.00. The van der Waals surface area contributed by atoms with Crippen LogP contribution in [0.1, 0.15) is 30.0 Å². The minimum absolute atomic E-state index is 0.108. The van der Waals surface area contributed by atoms with Gasteiger partial charge in [-0.25, -0.2) is 0 Å². The van der Waals surface area contributed by atoms with Gasteiger partial charge in [-0.05, 0) is 6.42 Å². The highest BCUT2D eigenvalue weighted by Crippen LogP contribution is 2.16. The molecule has 0 aliphatic carbocycles.